The molecule has 0 saturated heterocycles. The van der Waals surface area contributed by atoms with Gasteiger partial charge in [0.1, 0.15) is 0 Å². The summed E-state index contributed by atoms with van der Waals surface area (Å²) in [5, 5.41) is 0. The second-order valence-corrected chi connectivity index (χ2v) is 5.80. The molecule has 0 aromatic rings. The van der Waals surface area contributed by atoms with Crippen LogP contribution in [-0.4, -0.2) is 0 Å². The monoisotopic (exact) mass is 190 g/mol. The molecule has 2 rings (SSSR count). The molecule has 0 amide bonds. The van der Waals surface area contributed by atoms with E-state index in [0.717, 1.165) is 17.8 Å². The maximum Gasteiger partial charge on any atom is -0.00751 e. The fraction of sp³-hybridized carbons (Fsp3) is 0.714. The highest BCUT2D eigenvalue weighted by molar-refractivity contribution is 5.28. The summed E-state index contributed by atoms with van der Waals surface area (Å²) < 4.78 is 0. The Morgan fingerprint density at radius 3 is 2.79 bits per heavy atom. The predicted octanol–water partition coefficient (Wildman–Crippen LogP) is 4.19. The third-order valence-corrected chi connectivity index (χ3v) is 4.20. The first-order valence-corrected chi connectivity index (χ1v) is 5.89. The summed E-state index contributed by atoms with van der Waals surface area (Å²) in [6, 6.07) is 0. The summed E-state index contributed by atoms with van der Waals surface area (Å²) in [4.78, 5) is 0. The first-order valence-electron chi connectivity index (χ1n) is 5.89. The van der Waals surface area contributed by atoms with E-state index in [2.05, 4.69) is 45.9 Å². The Labute approximate surface area is 88.1 Å². The SMILES string of the molecule is CC1=CC2(C)CC(C(C)C)CC2C=C1. The van der Waals surface area contributed by atoms with Crippen LogP contribution in [0.2, 0.25) is 0 Å². The Bertz CT molecular complexity index is 282. The third-order valence-electron chi connectivity index (χ3n) is 4.20. The van der Waals surface area contributed by atoms with E-state index in [1.807, 2.05) is 0 Å². The number of fused-ring (bicyclic) bond motifs is 1. The number of allylic oxidation sites excluding steroid dienone is 4. The van der Waals surface area contributed by atoms with Crippen molar-refractivity contribution in [1.82, 2.24) is 0 Å². The fourth-order valence-corrected chi connectivity index (χ4v) is 3.20. The lowest BCUT2D eigenvalue weighted by atomic mass is 9.75. The number of rotatable bonds is 1. The van der Waals surface area contributed by atoms with E-state index < -0.39 is 0 Å². The van der Waals surface area contributed by atoms with Gasteiger partial charge in [0.05, 0.1) is 0 Å². The molecule has 0 heterocycles. The second kappa shape index (κ2) is 3.25. The zero-order valence-electron chi connectivity index (χ0n) is 9.88. The number of hydrogen-bond acceptors (Lipinski definition) is 0. The fourth-order valence-electron chi connectivity index (χ4n) is 3.20. The molecule has 0 heteroatoms. The molecule has 14 heavy (non-hydrogen) atoms. The van der Waals surface area contributed by atoms with Crippen molar-refractivity contribution in [2.24, 2.45) is 23.2 Å². The van der Waals surface area contributed by atoms with Crippen LogP contribution in [0.3, 0.4) is 0 Å². The smallest absolute Gasteiger partial charge is 0.00751 e. The van der Waals surface area contributed by atoms with E-state index in [1.54, 1.807) is 0 Å². The van der Waals surface area contributed by atoms with Gasteiger partial charge in [-0.3, -0.25) is 0 Å². The molecule has 3 atom stereocenters. The molecule has 2 aliphatic carbocycles. The first kappa shape index (κ1) is 10.0. The predicted molar refractivity (Wildman–Crippen MR) is 62.1 cm³/mol. The summed E-state index contributed by atoms with van der Waals surface area (Å²) in [6.45, 7) is 9.39. The summed E-state index contributed by atoms with van der Waals surface area (Å²) in [7, 11) is 0. The normalized spacial score (nSPS) is 41.4. The zero-order valence-corrected chi connectivity index (χ0v) is 9.88. The van der Waals surface area contributed by atoms with E-state index in [-0.39, 0.29) is 0 Å². The lowest BCUT2D eigenvalue weighted by Crippen LogP contribution is -2.20. The minimum atomic E-state index is 0.466. The van der Waals surface area contributed by atoms with Crippen LogP contribution in [-0.2, 0) is 0 Å². The molecule has 0 nitrogen and oxygen atoms in total. The van der Waals surface area contributed by atoms with Crippen LogP contribution in [0.4, 0.5) is 0 Å². The average Bonchev–Trinajstić information content (AvgIpc) is 2.40. The van der Waals surface area contributed by atoms with Crippen LogP contribution < -0.4 is 0 Å². The van der Waals surface area contributed by atoms with Gasteiger partial charge in [0, 0.05) is 0 Å². The Morgan fingerprint density at radius 2 is 2.14 bits per heavy atom. The molecule has 0 N–H and O–H groups in total. The molecule has 1 fully saturated rings. The maximum atomic E-state index is 2.50. The lowest BCUT2D eigenvalue weighted by Gasteiger charge is -2.29. The van der Waals surface area contributed by atoms with Gasteiger partial charge in [-0.25, -0.2) is 0 Å². The Morgan fingerprint density at radius 1 is 1.43 bits per heavy atom. The van der Waals surface area contributed by atoms with Gasteiger partial charge >= 0.3 is 0 Å². The minimum absolute atomic E-state index is 0.466. The van der Waals surface area contributed by atoms with E-state index in [0.29, 0.717) is 5.41 Å². The van der Waals surface area contributed by atoms with E-state index in [4.69, 9.17) is 0 Å². The zero-order chi connectivity index (χ0) is 10.3. The Hall–Kier alpha value is -0.520. The average molecular weight is 190 g/mol. The minimum Gasteiger partial charge on any atom is -0.0803 e. The standard InChI is InChI=1S/C14H22/c1-10(2)12-7-13-6-5-11(3)8-14(13,4)9-12/h5-6,8,10,12-13H,7,9H2,1-4H3. The molecule has 0 radical (unpaired) electrons. The van der Waals surface area contributed by atoms with Gasteiger partial charge in [-0.15, -0.1) is 0 Å². The number of hydrogen-bond donors (Lipinski definition) is 0. The summed E-state index contributed by atoms with van der Waals surface area (Å²) in [6.07, 6.45) is 10.0. The van der Waals surface area contributed by atoms with Gasteiger partial charge in [0.2, 0.25) is 0 Å². The molecule has 0 aromatic carbocycles. The Kier molecular flexibility index (Phi) is 2.33. The maximum absolute atomic E-state index is 2.50. The van der Waals surface area contributed by atoms with Crippen molar-refractivity contribution in [2.75, 3.05) is 0 Å². The van der Waals surface area contributed by atoms with Crippen molar-refractivity contribution in [3.05, 3.63) is 23.8 Å². The van der Waals surface area contributed by atoms with Gasteiger partial charge in [-0.2, -0.15) is 0 Å². The quantitative estimate of drug-likeness (QED) is 0.581. The second-order valence-electron chi connectivity index (χ2n) is 5.80. The summed E-state index contributed by atoms with van der Waals surface area (Å²) in [5.74, 6) is 2.58. The van der Waals surface area contributed by atoms with Gasteiger partial charge in [-0.05, 0) is 42.9 Å². The lowest BCUT2D eigenvalue weighted by molar-refractivity contribution is 0.334. The van der Waals surface area contributed by atoms with Crippen molar-refractivity contribution in [2.45, 2.75) is 40.5 Å². The van der Waals surface area contributed by atoms with Crippen LogP contribution in [0.25, 0.3) is 0 Å². The molecule has 0 bridgehead atoms. The van der Waals surface area contributed by atoms with Crippen LogP contribution in [0.5, 0.6) is 0 Å². The topological polar surface area (TPSA) is 0 Å². The van der Waals surface area contributed by atoms with E-state index >= 15 is 0 Å². The molecule has 0 spiro atoms. The molecular formula is C14H22. The summed E-state index contributed by atoms with van der Waals surface area (Å²) in [5.41, 5.74) is 1.92. The highest BCUT2D eigenvalue weighted by atomic mass is 14.5. The molecule has 3 unspecified atom stereocenters. The van der Waals surface area contributed by atoms with Crippen molar-refractivity contribution >= 4 is 0 Å². The molecule has 0 aromatic heterocycles. The molecule has 1 saturated carbocycles. The van der Waals surface area contributed by atoms with E-state index in [9.17, 15) is 0 Å². The largest absolute Gasteiger partial charge is 0.0803 e. The van der Waals surface area contributed by atoms with Crippen molar-refractivity contribution in [3.8, 4) is 0 Å². The molecule has 0 aliphatic heterocycles. The van der Waals surface area contributed by atoms with E-state index in [1.165, 1.54) is 18.4 Å². The van der Waals surface area contributed by atoms with Crippen molar-refractivity contribution < 1.29 is 0 Å². The Balaban J connectivity index is 2.21. The molecular weight excluding hydrogens is 168 g/mol. The van der Waals surface area contributed by atoms with Gasteiger partial charge in [-0.1, -0.05) is 44.6 Å². The highest BCUT2D eigenvalue weighted by Crippen LogP contribution is 2.52. The summed E-state index contributed by atoms with van der Waals surface area (Å²) >= 11 is 0. The third kappa shape index (κ3) is 1.55. The van der Waals surface area contributed by atoms with Gasteiger partial charge in [0.25, 0.3) is 0 Å². The van der Waals surface area contributed by atoms with Crippen molar-refractivity contribution in [3.63, 3.8) is 0 Å². The van der Waals surface area contributed by atoms with Crippen LogP contribution in [0.1, 0.15) is 40.5 Å². The van der Waals surface area contributed by atoms with Gasteiger partial charge < -0.3 is 0 Å². The van der Waals surface area contributed by atoms with Crippen molar-refractivity contribution in [1.29, 1.82) is 0 Å². The first-order chi connectivity index (χ1) is 6.51. The van der Waals surface area contributed by atoms with Crippen LogP contribution in [0.15, 0.2) is 23.8 Å². The molecule has 78 valence electrons. The van der Waals surface area contributed by atoms with Crippen LogP contribution in [0, 0.1) is 23.2 Å². The highest BCUT2D eigenvalue weighted by Gasteiger charge is 2.42. The van der Waals surface area contributed by atoms with Gasteiger partial charge in [0.15, 0.2) is 0 Å². The van der Waals surface area contributed by atoms with Crippen LogP contribution >= 0.6 is 0 Å². The molecule has 2 aliphatic rings.